The molecule has 1 N–H and O–H groups in total. The molecule has 1 atom stereocenters. The third kappa shape index (κ3) is 4.97. The van der Waals surface area contributed by atoms with Crippen molar-refractivity contribution in [2.24, 2.45) is 0 Å². The number of rotatable bonds is 6. The van der Waals surface area contributed by atoms with E-state index < -0.39 is 6.04 Å². The molecule has 1 rings (SSSR count). The molecule has 4 heteroatoms. The smallest absolute Gasteiger partial charge is 0.307 e. The van der Waals surface area contributed by atoms with Crippen molar-refractivity contribution in [2.45, 2.75) is 45.6 Å². The predicted molar refractivity (Wildman–Crippen MR) is 83.6 cm³/mol. The van der Waals surface area contributed by atoms with Crippen LogP contribution in [-0.2, 0) is 14.9 Å². The van der Waals surface area contributed by atoms with Crippen LogP contribution in [-0.4, -0.2) is 31.4 Å². The third-order valence-corrected chi connectivity index (χ3v) is 3.40. The maximum Gasteiger partial charge on any atom is 0.307 e. The molecule has 0 fully saturated rings. The van der Waals surface area contributed by atoms with Crippen molar-refractivity contribution in [3.05, 3.63) is 35.4 Å². The summed E-state index contributed by atoms with van der Waals surface area (Å²) in [6.45, 7) is 8.90. The van der Waals surface area contributed by atoms with Crippen molar-refractivity contribution in [3.63, 3.8) is 0 Å². The molecule has 1 unspecified atom stereocenters. The van der Waals surface area contributed by atoms with Gasteiger partial charge in [0.25, 0.3) is 0 Å². The molecular weight excluding hydrogens is 266 g/mol. The number of esters is 1. The second-order valence-electron chi connectivity index (χ2n) is 6.08. The second-order valence-corrected chi connectivity index (χ2v) is 6.08. The van der Waals surface area contributed by atoms with Crippen LogP contribution in [0.4, 0.5) is 0 Å². The number of nitrogens with one attached hydrogen (secondary N) is 1. The zero-order valence-electron chi connectivity index (χ0n) is 13.5. The standard InChI is InChI=1S/C17H25NO3/c1-6-18-14(11-15(19)21-5)16(20)12-7-9-13(10-8-12)17(2,3)4/h7-10,14,18H,6,11H2,1-5H3. The van der Waals surface area contributed by atoms with E-state index in [4.69, 9.17) is 0 Å². The van der Waals surface area contributed by atoms with E-state index in [9.17, 15) is 9.59 Å². The van der Waals surface area contributed by atoms with Gasteiger partial charge in [0, 0.05) is 5.56 Å². The van der Waals surface area contributed by atoms with Crippen LogP contribution in [0.2, 0.25) is 0 Å². The molecule has 0 aliphatic carbocycles. The molecule has 0 saturated heterocycles. The van der Waals surface area contributed by atoms with E-state index in [1.54, 1.807) is 0 Å². The Morgan fingerprint density at radius 1 is 1.19 bits per heavy atom. The fraction of sp³-hybridized carbons (Fsp3) is 0.529. The number of hydrogen-bond donors (Lipinski definition) is 1. The quantitative estimate of drug-likeness (QED) is 0.647. The lowest BCUT2D eigenvalue weighted by Crippen LogP contribution is -2.38. The van der Waals surface area contributed by atoms with Crippen molar-refractivity contribution >= 4 is 11.8 Å². The molecule has 116 valence electrons. The van der Waals surface area contributed by atoms with Crippen LogP contribution in [0.15, 0.2) is 24.3 Å². The van der Waals surface area contributed by atoms with Gasteiger partial charge in [-0.2, -0.15) is 0 Å². The highest BCUT2D eigenvalue weighted by Crippen LogP contribution is 2.22. The average molecular weight is 291 g/mol. The van der Waals surface area contributed by atoms with Gasteiger partial charge in [-0.05, 0) is 17.5 Å². The molecule has 0 spiro atoms. The number of benzene rings is 1. The first-order valence-corrected chi connectivity index (χ1v) is 7.24. The van der Waals surface area contributed by atoms with Crippen LogP contribution >= 0.6 is 0 Å². The monoisotopic (exact) mass is 291 g/mol. The highest BCUT2D eigenvalue weighted by Gasteiger charge is 2.23. The van der Waals surface area contributed by atoms with Gasteiger partial charge in [0.1, 0.15) is 0 Å². The number of carbonyl (C=O) groups is 2. The summed E-state index contributed by atoms with van der Waals surface area (Å²) in [7, 11) is 1.33. The summed E-state index contributed by atoms with van der Waals surface area (Å²) >= 11 is 0. The molecule has 1 aromatic rings. The minimum atomic E-state index is -0.539. The van der Waals surface area contributed by atoms with Crippen LogP contribution in [0.1, 0.15) is 50.0 Å². The molecule has 0 radical (unpaired) electrons. The lowest BCUT2D eigenvalue weighted by atomic mass is 9.86. The van der Waals surface area contributed by atoms with Crippen molar-refractivity contribution in [1.29, 1.82) is 0 Å². The molecular formula is C17H25NO3. The molecule has 21 heavy (non-hydrogen) atoms. The normalized spacial score (nSPS) is 12.8. The molecule has 0 aliphatic heterocycles. The Bertz CT molecular complexity index is 486. The minimum absolute atomic E-state index is 0.0458. The van der Waals surface area contributed by atoms with Crippen molar-refractivity contribution in [1.82, 2.24) is 5.32 Å². The lowest BCUT2D eigenvalue weighted by Gasteiger charge is -2.20. The topological polar surface area (TPSA) is 55.4 Å². The van der Waals surface area contributed by atoms with Gasteiger partial charge in [-0.25, -0.2) is 0 Å². The van der Waals surface area contributed by atoms with Gasteiger partial charge in [0.2, 0.25) is 0 Å². The molecule has 0 bridgehead atoms. The van der Waals surface area contributed by atoms with E-state index in [0.717, 1.165) is 0 Å². The largest absolute Gasteiger partial charge is 0.469 e. The molecule has 0 amide bonds. The number of hydrogen-bond acceptors (Lipinski definition) is 4. The van der Waals surface area contributed by atoms with E-state index in [1.165, 1.54) is 12.7 Å². The fourth-order valence-corrected chi connectivity index (χ4v) is 2.09. The van der Waals surface area contributed by atoms with E-state index in [-0.39, 0.29) is 23.6 Å². The van der Waals surface area contributed by atoms with Crippen LogP contribution in [0.5, 0.6) is 0 Å². The summed E-state index contributed by atoms with van der Waals surface area (Å²) in [5.41, 5.74) is 1.83. The molecule has 0 heterocycles. The number of ether oxygens (including phenoxy) is 1. The SMILES string of the molecule is CCNC(CC(=O)OC)C(=O)c1ccc(C(C)(C)C)cc1. The number of ketones is 1. The maximum absolute atomic E-state index is 12.5. The number of likely N-dealkylation sites (N-methyl/N-ethyl adjacent to an activating group) is 1. The Balaban J connectivity index is 2.91. The van der Waals surface area contributed by atoms with Crippen LogP contribution in [0.3, 0.4) is 0 Å². The van der Waals surface area contributed by atoms with Gasteiger partial charge >= 0.3 is 5.97 Å². The molecule has 1 aromatic carbocycles. The van der Waals surface area contributed by atoms with Gasteiger partial charge in [-0.15, -0.1) is 0 Å². The van der Waals surface area contributed by atoms with E-state index in [1.807, 2.05) is 31.2 Å². The Kier molecular flexibility index (Phi) is 6.09. The molecule has 4 nitrogen and oxygen atoms in total. The van der Waals surface area contributed by atoms with Gasteiger partial charge in [-0.1, -0.05) is 52.0 Å². The van der Waals surface area contributed by atoms with Gasteiger partial charge < -0.3 is 10.1 Å². The summed E-state index contributed by atoms with van der Waals surface area (Å²) in [5.74, 6) is -0.469. The molecule has 0 aliphatic rings. The maximum atomic E-state index is 12.5. The Hall–Kier alpha value is -1.68. The Morgan fingerprint density at radius 2 is 1.76 bits per heavy atom. The first-order chi connectivity index (χ1) is 9.79. The van der Waals surface area contributed by atoms with Gasteiger partial charge in [0.05, 0.1) is 19.6 Å². The average Bonchev–Trinajstić information content (AvgIpc) is 2.45. The van der Waals surface area contributed by atoms with Crippen molar-refractivity contribution in [2.75, 3.05) is 13.7 Å². The van der Waals surface area contributed by atoms with Crippen LogP contribution < -0.4 is 5.32 Å². The Morgan fingerprint density at radius 3 is 2.19 bits per heavy atom. The van der Waals surface area contributed by atoms with E-state index in [0.29, 0.717) is 12.1 Å². The predicted octanol–water partition coefficient (Wildman–Crippen LogP) is 2.71. The van der Waals surface area contributed by atoms with Gasteiger partial charge in [-0.3, -0.25) is 9.59 Å². The summed E-state index contributed by atoms with van der Waals surface area (Å²) in [4.78, 5) is 23.9. The number of carbonyl (C=O) groups excluding carboxylic acids is 2. The minimum Gasteiger partial charge on any atom is -0.469 e. The third-order valence-electron chi connectivity index (χ3n) is 3.40. The van der Waals surface area contributed by atoms with E-state index >= 15 is 0 Å². The first-order valence-electron chi connectivity index (χ1n) is 7.24. The van der Waals surface area contributed by atoms with Crippen molar-refractivity contribution < 1.29 is 14.3 Å². The number of Topliss-reactive ketones (excluding diaryl/α,β-unsaturated/α-hetero) is 1. The van der Waals surface area contributed by atoms with Crippen molar-refractivity contribution in [3.8, 4) is 0 Å². The summed E-state index contributed by atoms with van der Waals surface area (Å²) < 4.78 is 4.65. The summed E-state index contributed by atoms with van der Waals surface area (Å²) in [6, 6.07) is 7.04. The highest BCUT2D eigenvalue weighted by atomic mass is 16.5. The summed E-state index contributed by atoms with van der Waals surface area (Å²) in [6.07, 6.45) is 0.0458. The molecule has 0 aromatic heterocycles. The fourth-order valence-electron chi connectivity index (χ4n) is 2.09. The zero-order chi connectivity index (χ0) is 16.0. The van der Waals surface area contributed by atoms with Crippen LogP contribution in [0, 0.1) is 0 Å². The van der Waals surface area contributed by atoms with E-state index in [2.05, 4.69) is 30.8 Å². The lowest BCUT2D eigenvalue weighted by molar-refractivity contribution is -0.140. The Labute approximate surface area is 126 Å². The second kappa shape index (κ2) is 7.36. The summed E-state index contributed by atoms with van der Waals surface area (Å²) in [5, 5.41) is 3.04. The first kappa shape index (κ1) is 17.4. The van der Waals surface area contributed by atoms with Gasteiger partial charge in [0.15, 0.2) is 5.78 Å². The highest BCUT2D eigenvalue weighted by molar-refractivity contribution is 6.01. The van der Waals surface area contributed by atoms with Crippen LogP contribution in [0.25, 0.3) is 0 Å². The molecule has 0 saturated carbocycles. The zero-order valence-corrected chi connectivity index (χ0v) is 13.5. The number of methoxy groups -OCH3 is 1.